The van der Waals surface area contributed by atoms with E-state index in [1.54, 1.807) is 0 Å². The molecule has 0 aromatic heterocycles. The lowest BCUT2D eigenvalue weighted by molar-refractivity contribution is -0.142. The fourth-order valence-electron chi connectivity index (χ4n) is 2.80. The van der Waals surface area contributed by atoms with Gasteiger partial charge in [0.2, 0.25) is 5.91 Å². The number of hydrogen-bond donors (Lipinski definition) is 2. The highest BCUT2D eigenvalue weighted by Crippen LogP contribution is 2.22. The number of amides is 1. The zero-order valence-corrected chi connectivity index (χ0v) is 12.0. The Balaban J connectivity index is 2.57. The first-order chi connectivity index (χ1) is 8.93. The molecular weight excluding hydrogens is 244 g/mol. The van der Waals surface area contributed by atoms with E-state index in [1.165, 1.54) is 0 Å². The van der Waals surface area contributed by atoms with Crippen LogP contribution in [0.2, 0.25) is 0 Å². The van der Waals surface area contributed by atoms with Gasteiger partial charge >= 0.3 is 5.97 Å². The van der Waals surface area contributed by atoms with Crippen molar-refractivity contribution >= 4 is 11.9 Å². The maximum atomic E-state index is 12.4. The maximum Gasteiger partial charge on any atom is 0.303 e. The van der Waals surface area contributed by atoms with Crippen molar-refractivity contribution in [3.63, 3.8) is 0 Å². The molecule has 0 spiro atoms. The smallest absolute Gasteiger partial charge is 0.303 e. The first-order valence-electron chi connectivity index (χ1n) is 7.14. The molecule has 0 aromatic carbocycles. The molecule has 110 valence electrons. The van der Waals surface area contributed by atoms with Gasteiger partial charge in [0, 0.05) is 26.1 Å². The molecule has 1 saturated heterocycles. The van der Waals surface area contributed by atoms with Gasteiger partial charge in [-0.1, -0.05) is 13.8 Å². The van der Waals surface area contributed by atoms with Crippen molar-refractivity contribution in [3.8, 4) is 0 Å². The second-order valence-corrected chi connectivity index (χ2v) is 5.95. The summed E-state index contributed by atoms with van der Waals surface area (Å²) in [5, 5.41) is 8.84. The number of aliphatic carboxylic acids is 1. The molecule has 1 rings (SSSR count). The van der Waals surface area contributed by atoms with Gasteiger partial charge in [-0.25, -0.2) is 0 Å². The van der Waals surface area contributed by atoms with E-state index in [-0.39, 0.29) is 24.2 Å². The van der Waals surface area contributed by atoms with Crippen molar-refractivity contribution < 1.29 is 14.7 Å². The second-order valence-electron chi connectivity index (χ2n) is 5.95. The molecule has 1 aliphatic rings. The van der Waals surface area contributed by atoms with E-state index in [0.717, 1.165) is 25.8 Å². The van der Waals surface area contributed by atoms with Crippen LogP contribution in [0.1, 0.15) is 39.5 Å². The van der Waals surface area contributed by atoms with Crippen LogP contribution in [0.25, 0.3) is 0 Å². The molecule has 2 unspecified atom stereocenters. The summed E-state index contributed by atoms with van der Waals surface area (Å²) in [6.07, 6.45) is 2.74. The Kier molecular flexibility index (Phi) is 6.28. The number of nitrogens with two attached hydrogens (primary N) is 1. The molecule has 5 nitrogen and oxygen atoms in total. The summed E-state index contributed by atoms with van der Waals surface area (Å²) < 4.78 is 0. The fraction of sp³-hybridized carbons (Fsp3) is 0.857. The van der Waals surface area contributed by atoms with Crippen LogP contribution in [0, 0.1) is 17.8 Å². The zero-order chi connectivity index (χ0) is 14.4. The Morgan fingerprint density at radius 1 is 1.42 bits per heavy atom. The Morgan fingerprint density at radius 2 is 2.11 bits per heavy atom. The highest BCUT2D eigenvalue weighted by molar-refractivity contribution is 5.79. The third-order valence-electron chi connectivity index (χ3n) is 3.68. The predicted octanol–water partition coefficient (Wildman–Crippen LogP) is 1.32. The molecule has 5 heteroatoms. The van der Waals surface area contributed by atoms with Crippen LogP contribution >= 0.6 is 0 Å². The maximum absolute atomic E-state index is 12.4. The largest absolute Gasteiger partial charge is 0.481 e. The number of carboxylic acid groups (broad SMARTS) is 1. The van der Waals surface area contributed by atoms with Crippen LogP contribution < -0.4 is 5.73 Å². The molecule has 19 heavy (non-hydrogen) atoms. The molecule has 2 atom stereocenters. The third-order valence-corrected chi connectivity index (χ3v) is 3.68. The van der Waals surface area contributed by atoms with Crippen molar-refractivity contribution in [2.24, 2.45) is 23.5 Å². The minimum atomic E-state index is -0.781. The molecule has 1 amide bonds. The van der Waals surface area contributed by atoms with Crippen molar-refractivity contribution in [2.45, 2.75) is 39.5 Å². The number of likely N-dealkylation sites (tertiary alicyclic amines) is 1. The van der Waals surface area contributed by atoms with Gasteiger partial charge in [-0.15, -0.1) is 0 Å². The Hall–Kier alpha value is -1.10. The number of hydrogen-bond acceptors (Lipinski definition) is 3. The molecule has 0 aliphatic carbocycles. The highest BCUT2D eigenvalue weighted by Gasteiger charge is 2.29. The van der Waals surface area contributed by atoms with E-state index >= 15 is 0 Å². The lowest BCUT2D eigenvalue weighted by atomic mass is 9.91. The van der Waals surface area contributed by atoms with Gasteiger partial charge < -0.3 is 15.7 Å². The summed E-state index contributed by atoms with van der Waals surface area (Å²) in [5.74, 6) is -0.267. The van der Waals surface area contributed by atoms with Gasteiger partial charge in [0.1, 0.15) is 0 Å². The van der Waals surface area contributed by atoms with Crippen LogP contribution in [0.3, 0.4) is 0 Å². The highest BCUT2D eigenvalue weighted by atomic mass is 16.4. The van der Waals surface area contributed by atoms with Gasteiger partial charge in [-0.05, 0) is 31.1 Å². The first kappa shape index (κ1) is 16.0. The molecule has 0 bridgehead atoms. The topological polar surface area (TPSA) is 83.6 Å². The van der Waals surface area contributed by atoms with Crippen LogP contribution in [0.15, 0.2) is 0 Å². The summed E-state index contributed by atoms with van der Waals surface area (Å²) in [6.45, 7) is 5.85. The van der Waals surface area contributed by atoms with Gasteiger partial charge in [-0.3, -0.25) is 9.59 Å². The average molecular weight is 270 g/mol. The van der Waals surface area contributed by atoms with Crippen LogP contribution in [-0.4, -0.2) is 41.5 Å². The van der Waals surface area contributed by atoms with E-state index in [2.05, 4.69) is 13.8 Å². The van der Waals surface area contributed by atoms with E-state index < -0.39 is 5.97 Å². The summed E-state index contributed by atoms with van der Waals surface area (Å²) in [4.78, 5) is 25.0. The molecule has 3 N–H and O–H groups in total. The molecular formula is C14H26N2O3. The zero-order valence-electron chi connectivity index (χ0n) is 12.0. The monoisotopic (exact) mass is 270 g/mol. The standard InChI is InChI=1S/C14H26N2O3/c1-10(2)6-12(8-15)14(19)16-5-3-4-11(9-16)7-13(17)18/h10-12H,3-9,15H2,1-2H3,(H,17,18). The van der Waals surface area contributed by atoms with Gasteiger partial charge in [0.25, 0.3) is 0 Å². The lowest BCUT2D eigenvalue weighted by Gasteiger charge is -2.34. The predicted molar refractivity (Wildman–Crippen MR) is 73.6 cm³/mol. The van der Waals surface area contributed by atoms with Crippen molar-refractivity contribution in [1.82, 2.24) is 4.90 Å². The molecule has 1 heterocycles. The van der Waals surface area contributed by atoms with Crippen molar-refractivity contribution in [2.75, 3.05) is 19.6 Å². The molecule has 1 fully saturated rings. The number of carbonyl (C=O) groups excluding carboxylic acids is 1. The van der Waals surface area contributed by atoms with E-state index in [1.807, 2.05) is 4.90 Å². The van der Waals surface area contributed by atoms with E-state index in [4.69, 9.17) is 10.8 Å². The SMILES string of the molecule is CC(C)CC(CN)C(=O)N1CCCC(CC(=O)O)C1. The first-order valence-corrected chi connectivity index (χ1v) is 7.14. The molecule has 0 radical (unpaired) electrons. The summed E-state index contributed by atoms with van der Waals surface area (Å²) >= 11 is 0. The lowest BCUT2D eigenvalue weighted by Crippen LogP contribution is -2.45. The normalized spacial score (nSPS) is 21.5. The van der Waals surface area contributed by atoms with E-state index in [9.17, 15) is 9.59 Å². The fourth-order valence-corrected chi connectivity index (χ4v) is 2.80. The Morgan fingerprint density at radius 3 is 2.63 bits per heavy atom. The number of nitrogens with zero attached hydrogens (tertiary/aromatic N) is 1. The average Bonchev–Trinajstić information content (AvgIpc) is 2.34. The van der Waals surface area contributed by atoms with Crippen LogP contribution in [-0.2, 0) is 9.59 Å². The summed E-state index contributed by atoms with van der Waals surface area (Å²) in [7, 11) is 0. The summed E-state index contributed by atoms with van der Waals surface area (Å²) in [5.41, 5.74) is 5.70. The molecule has 1 aliphatic heterocycles. The van der Waals surface area contributed by atoms with Crippen LogP contribution in [0.4, 0.5) is 0 Å². The van der Waals surface area contributed by atoms with Gasteiger partial charge in [0.15, 0.2) is 0 Å². The van der Waals surface area contributed by atoms with Crippen molar-refractivity contribution in [3.05, 3.63) is 0 Å². The third kappa shape index (κ3) is 5.19. The number of piperidine rings is 1. The van der Waals surface area contributed by atoms with Crippen molar-refractivity contribution in [1.29, 1.82) is 0 Å². The number of rotatable bonds is 6. The second kappa shape index (κ2) is 7.48. The Labute approximate surface area is 115 Å². The number of carbonyl (C=O) groups is 2. The Bertz CT molecular complexity index is 318. The van der Waals surface area contributed by atoms with E-state index in [0.29, 0.717) is 19.0 Å². The summed E-state index contributed by atoms with van der Waals surface area (Å²) in [6, 6.07) is 0. The van der Waals surface area contributed by atoms with Gasteiger partial charge in [0.05, 0.1) is 5.92 Å². The van der Waals surface area contributed by atoms with Gasteiger partial charge in [-0.2, -0.15) is 0 Å². The minimum absolute atomic E-state index is 0.0904. The minimum Gasteiger partial charge on any atom is -0.481 e. The van der Waals surface area contributed by atoms with Crippen LogP contribution in [0.5, 0.6) is 0 Å². The quantitative estimate of drug-likeness (QED) is 0.762. The molecule has 0 saturated carbocycles. The molecule has 0 aromatic rings. The number of carboxylic acids is 1.